The van der Waals surface area contributed by atoms with Crippen LogP contribution in [-0.4, -0.2) is 56.8 Å². The monoisotopic (exact) mass is 447 g/mol. The van der Waals surface area contributed by atoms with Gasteiger partial charge in [-0.3, -0.25) is 0 Å². The Hall–Kier alpha value is -1.72. The SMILES string of the molecule is COc1nc(CNS(=O)(=O)c2cc(C)c(Cl)cc2Cl)nc(N2CCOCC2)n1. The number of hydrogen-bond acceptors (Lipinski definition) is 8. The molecule has 0 bridgehead atoms. The average molecular weight is 448 g/mol. The molecular formula is C16H19Cl2N5O4S. The summed E-state index contributed by atoms with van der Waals surface area (Å²) < 4.78 is 38.2. The van der Waals surface area contributed by atoms with Crippen molar-refractivity contribution in [3.63, 3.8) is 0 Å². The fourth-order valence-electron chi connectivity index (χ4n) is 2.54. The second-order valence-electron chi connectivity index (χ2n) is 5.99. The van der Waals surface area contributed by atoms with Gasteiger partial charge in [-0.15, -0.1) is 0 Å². The molecule has 0 atom stereocenters. The van der Waals surface area contributed by atoms with Gasteiger partial charge in [-0.1, -0.05) is 23.2 Å². The van der Waals surface area contributed by atoms with Gasteiger partial charge in [-0.05, 0) is 24.6 Å². The standard InChI is InChI=1S/C16H19Cl2N5O4S/c1-10-7-13(12(18)8-11(10)17)28(24,25)19-9-14-20-15(22-16(21-14)26-2)23-3-5-27-6-4-23/h7-8,19H,3-6,9H2,1-2H3. The van der Waals surface area contributed by atoms with E-state index in [9.17, 15) is 8.42 Å². The molecule has 0 amide bonds. The van der Waals surface area contributed by atoms with Crippen LogP contribution in [-0.2, 0) is 21.3 Å². The van der Waals surface area contributed by atoms with Crippen LogP contribution in [0.15, 0.2) is 17.0 Å². The molecule has 1 aliphatic heterocycles. The van der Waals surface area contributed by atoms with E-state index in [1.54, 1.807) is 6.92 Å². The number of sulfonamides is 1. The average Bonchev–Trinajstić information content (AvgIpc) is 2.69. The highest BCUT2D eigenvalue weighted by Crippen LogP contribution is 2.28. The fraction of sp³-hybridized carbons (Fsp3) is 0.438. The number of anilines is 1. The highest BCUT2D eigenvalue weighted by molar-refractivity contribution is 7.89. The Bertz CT molecular complexity index is 968. The largest absolute Gasteiger partial charge is 0.467 e. The summed E-state index contributed by atoms with van der Waals surface area (Å²) >= 11 is 12.0. The van der Waals surface area contributed by atoms with Crippen molar-refractivity contribution in [2.24, 2.45) is 0 Å². The smallest absolute Gasteiger partial charge is 0.321 e. The topological polar surface area (TPSA) is 107 Å². The first-order chi connectivity index (χ1) is 13.3. The molecule has 152 valence electrons. The van der Waals surface area contributed by atoms with Crippen molar-refractivity contribution in [2.75, 3.05) is 38.3 Å². The number of rotatable bonds is 6. The number of nitrogens with zero attached hydrogens (tertiary/aromatic N) is 4. The van der Waals surface area contributed by atoms with E-state index in [0.717, 1.165) is 0 Å². The van der Waals surface area contributed by atoms with Gasteiger partial charge < -0.3 is 14.4 Å². The van der Waals surface area contributed by atoms with E-state index in [4.69, 9.17) is 32.7 Å². The molecule has 12 heteroatoms. The molecule has 1 aromatic heterocycles. The van der Waals surface area contributed by atoms with Crippen LogP contribution in [0.4, 0.5) is 5.95 Å². The summed E-state index contributed by atoms with van der Waals surface area (Å²) in [5.41, 5.74) is 0.600. The first kappa shape index (κ1) is 21.0. The number of aryl methyl sites for hydroxylation is 1. The summed E-state index contributed by atoms with van der Waals surface area (Å²) in [7, 11) is -2.47. The van der Waals surface area contributed by atoms with Crippen LogP contribution in [0, 0.1) is 6.92 Å². The minimum atomic E-state index is -3.90. The molecule has 0 spiro atoms. The molecule has 28 heavy (non-hydrogen) atoms. The summed E-state index contributed by atoms with van der Waals surface area (Å²) in [5, 5.41) is 0.423. The predicted octanol–water partition coefficient (Wildman–Crippen LogP) is 1.81. The van der Waals surface area contributed by atoms with Crippen molar-refractivity contribution >= 4 is 39.2 Å². The highest BCUT2D eigenvalue weighted by atomic mass is 35.5. The van der Waals surface area contributed by atoms with Gasteiger partial charge in [0.25, 0.3) is 0 Å². The summed E-state index contributed by atoms with van der Waals surface area (Å²) in [6.07, 6.45) is 0. The van der Waals surface area contributed by atoms with Crippen molar-refractivity contribution in [3.05, 3.63) is 33.6 Å². The number of halogens is 2. The molecule has 1 fully saturated rings. The van der Waals surface area contributed by atoms with E-state index in [2.05, 4.69) is 19.7 Å². The second-order valence-corrected chi connectivity index (χ2v) is 8.54. The Morgan fingerprint density at radius 2 is 1.89 bits per heavy atom. The Labute approximate surface area is 173 Å². The van der Waals surface area contributed by atoms with E-state index >= 15 is 0 Å². The van der Waals surface area contributed by atoms with Crippen LogP contribution in [0.2, 0.25) is 10.0 Å². The van der Waals surface area contributed by atoms with Gasteiger partial charge in [0.1, 0.15) is 4.90 Å². The van der Waals surface area contributed by atoms with Crippen LogP contribution in [0.5, 0.6) is 6.01 Å². The van der Waals surface area contributed by atoms with E-state index in [1.165, 1.54) is 19.2 Å². The van der Waals surface area contributed by atoms with E-state index in [1.807, 2.05) is 4.90 Å². The minimum Gasteiger partial charge on any atom is -0.467 e. The maximum atomic E-state index is 12.7. The molecule has 0 radical (unpaired) electrons. The van der Waals surface area contributed by atoms with Crippen LogP contribution in [0.3, 0.4) is 0 Å². The van der Waals surface area contributed by atoms with Crippen molar-refractivity contribution < 1.29 is 17.9 Å². The Morgan fingerprint density at radius 3 is 2.57 bits per heavy atom. The highest BCUT2D eigenvalue weighted by Gasteiger charge is 2.21. The molecule has 3 rings (SSSR count). The lowest BCUT2D eigenvalue weighted by Gasteiger charge is -2.26. The number of nitrogens with one attached hydrogen (secondary N) is 1. The van der Waals surface area contributed by atoms with Crippen LogP contribution in [0.1, 0.15) is 11.4 Å². The number of morpholine rings is 1. The van der Waals surface area contributed by atoms with Crippen LogP contribution >= 0.6 is 23.2 Å². The van der Waals surface area contributed by atoms with Crippen molar-refractivity contribution in [1.82, 2.24) is 19.7 Å². The number of hydrogen-bond donors (Lipinski definition) is 1. The molecule has 0 aliphatic carbocycles. The summed E-state index contributed by atoms with van der Waals surface area (Å²) in [5.74, 6) is 0.628. The second kappa shape index (κ2) is 8.75. The number of benzene rings is 1. The third-order valence-corrected chi connectivity index (χ3v) is 6.32. The maximum absolute atomic E-state index is 12.7. The molecule has 0 saturated carbocycles. The maximum Gasteiger partial charge on any atom is 0.321 e. The summed E-state index contributed by atoms with van der Waals surface area (Å²) in [4.78, 5) is 14.5. The normalized spacial score (nSPS) is 14.9. The zero-order valence-corrected chi connectivity index (χ0v) is 17.6. The molecule has 1 N–H and O–H groups in total. The van der Waals surface area contributed by atoms with Gasteiger partial charge >= 0.3 is 6.01 Å². The molecule has 1 aliphatic rings. The van der Waals surface area contributed by atoms with Crippen molar-refractivity contribution in [1.29, 1.82) is 0 Å². The predicted molar refractivity (Wildman–Crippen MR) is 105 cm³/mol. The van der Waals surface area contributed by atoms with Gasteiger partial charge in [0.05, 0.1) is 31.9 Å². The molecule has 2 heterocycles. The molecule has 0 unspecified atom stereocenters. The quantitative estimate of drug-likeness (QED) is 0.713. The third-order valence-electron chi connectivity index (χ3n) is 4.05. The minimum absolute atomic E-state index is 0.0327. The third kappa shape index (κ3) is 4.81. The lowest BCUT2D eigenvalue weighted by atomic mass is 10.2. The summed E-state index contributed by atoms with van der Waals surface area (Å²) in [6, 6.07) is 2.92. The fourth-order valence-corrected chi connectivity index (χ4v) is 4.35. The lowest BCUT2D eigenvalue weighted by Crippen LogP contribution is -2.37. The van der Waals surface area contributed by atoms with Gasteiger partial charge in [-0.2, -0.15) is 15.0 Å². The molecule has 2 aromatic rings. The Kier molecular flexibility index (Phi) is 6.56. The van der Waals surface area contributed by atoms with Gasteiger partial charge in [0, 0.05) is 18.1 Å². The number of aromatic nitrogens is 3. The van der Waals surface area contributed by atoms with Gasteiger partial charge in [0.15, 0.2) is 5.82 Å². The number of ether oxygens (including phenoxy) is 2. The lowest BCUT2D eigenvalue weighted by molar-refractivity contribution is 0.122. The first-order valence-electron chi connectivity index (χ1n) is 8.37. The van der Waals surface area contributed by atoms with E-state index < -0.39 is 10.0 Å². The summed E-state index contributed by atoms with van der Waals surface area (Å²) in [6.45, 7) is 3.91. The molecule has 1 aromatic carbocycles. The van der Waals surface area contributed by atoms with Crippen molar-refractivity contribution in [3.8, 4) is 6.01 Å². The van der Waals surface area contributed by atoms with Gasteiger partial charge in [-0.25, -0.2) is 13.1 Å². The number of methoxy groups -OCH3 is 1. The van der Waals surface area contributed by atoms with Crippen molar-refractivity contribution in [2.45, 2.75) is 18.4 Å². The van der Waals surface area contributed by atoms with Crippen LogP contribution < -0.4 is 14.4 Å². The molecule has 9 nitrogen and oxygen atoms in total. The molecular weight excluding hydrogens is 429 g/mol. The Balaban J connectivity index is 1.82. The Morgan fingerprint density at radius 1 is 1.18 bits per heavy atom. The molecule has 1 saturated heterocycles. The van der Waals surface area contributed by atoms with Crippen LogP contribution in [0.25, 0.3) is 0 Å². The van der Waals surface area contributed by atoms with Gasteiger partial charge in [0.2, 0.25) is 16.0 Å². The van der Waals surface area contributed by atoms with E-state index in [0.29, 0.717) is 42.8 Å². The zero-order chi connectivity index (χ0) is 20.3. The zero-order valence-electron chi connectivity index (χ0n) is 15.3. The first-order valence-corrected chi connectivity index (χ1v) is 10.6. The van der Waals surface area contributed by atoms with E-state index in [-0.39, 0.29) is 28.3 Å².